The third-order valence-electron chi connectivity index (χ3n) is 3.68. The molecule has 1 aromatic rings. The molecular formula is C16H25ClN2O. The van der Waals surface area contributed by atoms with E-state index >= 15 is 0 Å². The Morgan fingerprint density at radius 3 is 2.25 bits per heavy atom. The van der Waals surface area contributed by atoms with Gasteiger partial charge in [0.15, 0.2) is 0 Å². The monoisotopic (exact) mass is 296 g/mol. The maximum absolute atomic E-state index is 11.8. The van der Waals surface area contributed by atoms with Crippen molar-refractivity contribution in [2.45, 2.75) is 46.1 Å². The zero-order chi connectivity index (χ0) is 15.3. The number of urea groups is 1. The van der Waals surface area contributed by atoms with Crippen LogP contribution in [0.4, 0.5) is 4.79 Å². The van der Waals surface area contributed by atoms with Gasteiger partial charge in [-0.15, -0.1) is 0 Å². The fraction of sp³-hybridized carbons (Fsp3) is 0.562. The fourth-order valence-electron chi connectivity index (χ4n) is 1.73. The van der Waals surface area contributed by atoms with E-state index in [4.69, 9.17) is 11.6 Å². The van der Waals surface area contributed by atoms with Gasteiger partial charge in [0.05, 0.1) is 0 Å². The van der Waals surface area contributed by atoms with Crippen LogP contribution in [0, 0.1) is 5.92 Å². The lowest BCUT2D eigenvalue weighted by Crippen LogP contribution is -2.46. The number of benzene rings is 1. The number of hydrogen-bond donors (Lipinski definition) is 2. The predicted molar refractivity (Wildman–Crippen MR) is 85.3 cm³/mol. The molecule has 0 saturated carbocycles. The third-order valence-corrected chi connectivity index (χ3v) is 3.93. The third kappa shape index (κ3) is 5.04. The smallest absolute Gasteiger partial charge is 0.315 e. The van der Waals surface area contributed by atoms with E-state index in [0.29, 0.717) is 12.5 Å². The Labute approximate surface area is 127 Å². The van der Waals surface area contributed by atoms with E-state index in [1.54, 1.807) is 0 Å². The lowest BCUT2D eigenvalue weighted by atomic mass is 9.85. The number of rotatable bonds is 5. The molecule has 0 bridgehead atoms. The van der Waals surface area contributed by atoms with Crippen molar-refractivity contribution in [1.82, 2.24) is 10.6 Å². The van der Waals surface area contributed by atoms with Crippen LogP contribution in [0.2, 0.25) is 5.02 Å². The Morgan fingerprint density at radius 1 is 1.20 bits per heavy atom. The van der Waals surface area contributed by atoms with Gasteiger partial charge in [0.25, 0.3) is 0 Å². The quantitative estimate of drug-likeness (QED) is 0.848. The van der Waals surface area contributed by atoms with Gasteiger partial charge >= 0.3 is 6.03 Å². The molecule has 0 saturated heterocycles. The first-order valence-electron chi connectivity index (χ1n) is 7.03. The van der Waals surface area contributed by atoms with E-state index in [-0.39, 0.29) is 17.5 Å². The Hall–Kier alpha value is -1.22. The van der Waals surface area contributed by atoms with Crippen LogP contribution in [0.5, 0.6) is 0 Å². The average Bonchev–Trinajstić information content (AvgIpc) is 2.37. The number of halogens is 1. The highest BCUT2D eigenvalue weighted by Crippen LogP contribution is 2.23. The summed E-state index contributed by atoms with van der Waals surface area (Å²) in [4.78, 5) is 11.8. The summed E-state index contributed by atoms with van der Waals surface area (Å²) in [6.45, 7) is 11.0. The van der Waals surface area contributed by atoms with E-state index in [1.165, 1.54) is 0 Å². The molecule has 0 aromatic heterocycles. The van der Waals surface area contributed by atoms with Gasteiger partial charge in [-0.25, -0.2) is 4.79 Å². The molecule has 20 heavy (non-hydrogen) atoms. The Kier molecular flexibility index (Phi) is 5.88. The summed E-state index contributed by atoms with van der Waals surface area (Å²) in [5, 5.41) is 6.60. The van der Waals surface area contributed by atoms with Gasteiger partial charge in [-0.1, -0.05) is 51.4 Å². The molecule has 112 valence electrons. The first-order valence-corrected chi connectivity index (χ1v) is 7.40. The molecule has 0 heterocycles. The lowest BCUT2D eigenvalue weighted by Gasteiger charge is -2.26. The average molecular weight is 297 g/mol. The van der Waals surface area contributed by atoms with Crippen LogP contribution in [-0.4, -0.2) is 18.6 Å². The molecule has 0 aliphatic rings. The van der Waals surface area contributed by atoms with Crippen LogP contribution >= 0.6 is 11.6 Å². The van der Waals surface area contributed by atoms with Crippen LogP contribution in [-0.2, 0) is 5.41 Å². The van der Waals surface area contributed by atoms with Crippen molar-refractivity contribution in [3.8, 4) is 0 Å². The van der Waals surface area contributed by atoms with Crippen molar-refractivity contribution in [3.63, 3.8) is 0 Å². The summed E-state index contributed by atoms with van der Waals surface area (Å²) in [5.74, 6) is 0.421. The molecule has 1 rings (SSSR count). The Morgan fingerprint density at radius 2 is 1.75 bits per heavy atom. The molecule has 1 atom stereocenters. The van der Waals surface area contributed by atoms with Crippen molar-refractivity contribution < 1.29 is 4.79 Å². The summed E-state index contributed by atoms with van der Waals surface area (Å²) < 4.78 is 0. The van der Waals surface area contributed by atoms with Crippen LogP contribution in [0.3, 0.4) is 0 Å². The van der Waals surface area contributed by atoms with Gasteiger partial charge in [0.2, 0.25) is 0 Å². The maximum atomic E-state index is 11.8. The molecule has 0 aliphatic carbocycles. The Bertz CT molecular complexity index is 440. The number of amides is 2. The highest BCUT2D eigenvalue weighted by molar-refractivity contribution is 6.30. The lowest BCUT2D eigenvalue weighted by molar-refractivity contribution is 0.232. The van der Waals surface area contributed by atoms with Crippen molar-refractivity contribution in [3.05, 3.63) is 34.9 Å². The van der Waals surface area contributed by atoms with Gasteiger partial charge < -0.3 is 10.6 Å². The van der Waals surface area contributed by atoms with Crippen molar-refractivity contribution in [2.24, 2.45) is 5.92 Å². The summed E-state index contributed by atoms with van der Waals surface area (Å²) in [6, 6.07) is 7.79. The Balaban J connectivity index is 2.55. The summed E-state index contributed by atoms with van der Waals surface area (Å²) >= 11 is 5.90. The second kappa shape index (κ2) is 6.98. The van der Waals surface area contributed by atoms with Gasteiger partial charge in [-0.05, 0) is 30.5 Å². The molecule has 1 aromatic carbocycles. The SMILES string of the molecule is CC(C)C(C)NC(=O)NCC(C)(C)c1ccc(Cl)cc1. The number of carbonyl (C=O) groups excluding carboxylic acids is 1. The van der Waals surface area contributed by atoms with Crippen LogP contribution in [0.15, 0.2) is 24.3 Å². The predicted octanol–water partition coefficient (Wildman–Crippen LogP) is 3.96. The minimum absolute atomic E-state index is 0.117. The largest absolute Gasteiger partial charge is 0.337 e. The highest BCUT2D eigenvalue weighted by atomic mass is 35.5. The second-order valence-electron chi connectivity index (χ2n) is 6.25. The molecule has 1 unspecified atom stereocenters. The highest BCUT2D eigenvalue weighted by Gasteiger charge is 2.21. The zero-order valence-electron chi connectivity index (χ0n) is 13.0. The second-order valence-corrected chi connectivity index (χ2v) is 6.69. The van der Waals surface area contributed by atoms with E-state index in [9.17, 15) is 4.79 Å². The normalized spacial score (nSPS) is 13.2. The molecule has 3 nitrogen and oxygen atoms in total. The zero-order valence-corrected chi connectivity index (χ0v) is 13.7. The first-order chi connectivity index (χ1) is 9.22. The number of nitrogens with one attached hydrogen (secondary N) is 2. The molecule has 0 radical (unpaired) electrons. The molecule has 2 N–H and O–H groups in total. The summed E-state index contributed by atoms with van der Waals surface area (Å²) in [7, 11) is 0. The first kappa shape index (κ1) is 16.8. The van der Waals surface area contributed by atoms with Gasteiger partial charge in [0, 0.05) is 23.0 Å². The minimum atomic E-state index is -0.136. The maximum Gasteiger partial charge on any atom is 0.315 e. The van der Waals surface area contributed by atoms with Gasteiger partial charge in [-0.3, -0.25) is 0 Å². The van der Waals surface area contributed by atoms with Crippen molar-refractivity contribution in [2.75, 3.05) is 6.54 Å². The van der Waals surface area contributed by atoms with Crippen molar-refractivity contribution >= 4 is 17.6 Å². The van der Waals surface area contributed by atoms with E-state index in [2.05, 4.69) is 38.3 Å². The molecule has 0 aliphatic heterocycles. The summed E-state index contributed by atoms with van der Waals surface area (Å²) in [6.07, 6.45) is 0. The van der Waals surface area contributed by atoms with Gasteiger partial charge in [0.1, 0.15) is 0 Å². The summed E-state index contributed by atoms with van der Waals surface area (Å²) in [5.41, 5.74) is 1.02. The van der Waals surface area contributed by atoms with E-state index < -0.39 is 0 Å². The van der Waals surface area contributed by atoms with Gasteiger partial charge in [-0.2, -0.15) is 0 Å². The minimum Gasteiger partial charge on any atom is -0.337 e. The molecule has 2 amide bonds. The number of hydrogen-bond acceptors (Lipinski definition) is 1. The standard InChI is InChI=1S/C16H25ClN2O/c1-11(2)12(3)19-15(20)18-10-16(4,5)13-6-8-14(17)9-7-13/h6-9,11-12H,10H2,1-5H3,(H2,18,19,20). The topological polar surface area (TPSA) is 41.1 Å². The van der Waals surface area contributed by atoms with Crippen LogP contribution < -0.4 is 10.6 Å². The van der Waals surface area contributed by atoms with Crippen LogP contribution in [0.1, 0.15) is 40.2 Å². The number of carbonyl (C=O) groups is 1. The molecule has 0 spiro atoms. The molecular weight excluding hydrogens is 272 g/mol. The molecule has 4 heteroatoms. The van der Waals surface area contributed by atoms with E-state index in [1.807, 2.05) is 31.2 Å². The van der Waals surface area contributed by atoms with Crippen molar-refractivity contribution in [1.29, 1.82) is 0 Å². The van der Waals surface area contributed by atoms with E-state index in [0.717, 1.165) is 10.6 Å². The fourth-order valence-corrected chi connectivity index (χ4v) is 1.85. The molecule has 0 fully saturated rings. The van der Waals surface area contributed by atoms with Crippen LogP contribution in [0.25, 0.3) is 0 Å².